The molecule has 0 aromatic heterocycles. The predicted molar refractivity (Wildman–Crippen MR) is 71.9 cm³/mol. The molecule has 0 saturated carbocycles. The monoisotopic (exact) mass is 228 g/mol. The van der Waals surface area contributed by atoms with Crippen LogP contribution in [0, 0.1) is 0 Å². The lowest BCUT2D eigenvalue weighted by molar-refractivity contribution is 0.129. The molecule has 1 aliphatic rings. The van der Waals surface area contributed by atoms with Gasteiger partial charge in [0, 0.05) is 5.41 Å². The first-order valence-corrected chi connectivity index (χ1v) is 6.21. The van der Waals surface area contributed by atoms with E-state index >= 15 is 0 Å². The predicted octanol–water partition coefficient (Wildman–Crippen LogP) is 3.60. The van der Waals surface area contributed by atoms with Crippen LogP contribution in [0.15, 0.2) is 54.1 Å². The molecule has 90 valence electrons. The zero-order chi connectivity index (χ0) is 12.3. The second kappa shape index (κ2) is 4.89. The fraction of sp³-hybridized carbons (Fsp3) is 0.375. The van der Waals surface area contributed by atoms with Gasteiger partial charge in [0.1, 0.15) is 0 Å². The van der Waals surface area contributed by atoms with Gasteiger partial charge in [0.05, 0.1) is 6.10 Å². The lowest BCUT2D eigenvalue weighted by Gasteiger charge is -2.33. The summed E-state index contributed by atoms with van der Waals surface area (Å²) in [6.07, 6.45) is 7.84. The van der Waals surface area contributed by atoms with Gasteiger partial charge in [-0.2, -0.15) is 0 Å². The summed E-state index contributed by atoms with van der Waals surface area (Å²) in [5.41, 5.74) is 2.09. The lowest BCUT2D eigenvalue weighted by Crippen LogP contribution is -2.35. The number of aliphatic hydroxyl groups is 1. The van der Waals surface area contributed by atoms with Crippen molar-refractivity contribution in [2.75, 3.05) is 0 Å². The van der Waals surface area contributed by atoms with E-state index in [4.69, 9.17) is 0 Å². The van der Waals surface area contributed by atoms with Crippen LogP contribution in [0.3, 0.4) is 0 Å². The van der Waals surface area contributed by atoms with Gasteiger partial charge in [-0.25, -0.2) is 0 Å². The first kappa shape index (κ1) is 12.1. The van der Waals surface area contributed by atoms with Crippen LogP contribution in [-0.4, -0.2) is 11.2 Å². The standard InChI is InChI=1S/C16H20O/c1-16(2,14-11-7-4-8-12-14)15(17)13-9-5-3-6-10-13/h3-5,7-9,11-12,15,17H,6,10H2,1-2H3. The molecule has 0 radical (unpaired) electrons. The second-order valence-electron chi connectivity index (χ2n) is 5.20. The van der Waals surface area contributed by atoms with Gasteiger partial charge >= 0.3 is 0 Å². The minimum absolute atomic E-state index is 0.238. The van der Waals surface area contributed by atoms with Gasteiger partial charge in [-0.05, 0) is 24.0 Å². The van der Waals surface area contributed by atoms with Crippen molar-refractivity contribution < 1.29 is 5.11 Å². The summed E-state index contributed by atoms with van der Waals surface area (Å²) in [5, 5.41) is 10.6. The largest absolute Gasteiger partial charge is 0.388 e. The third-order valence-electron chi connectivity index (χ3n) is 3.60. The van der Waals surface area contributed by atoms with Crippen LogP contribution in [0.5, 0.6) is 0 Å². The Bertz CT molecular complexity index is 426. The zero-order valence-electron chi connectivity index (χ0n) is 10.6. The SMILES string of the molecule is CC(C)(c1ccccc1)C(O)C1=CC=CCC1. The average molecular weight is 228 g/mol. The molecule has 0 bridgehead atoms. The van der Waals surface area contributed by atoms with Crippen molar-refractivity contribution in [2.24, 2.45) is 0 Å². The first-order chi connectivity index (χ1) is 8.12. The first-order valence-electron chi connectivity index (χ1n) is 6.21. The molecular formula is C16H20O. The van der Waals surface area contributed by atoms with Crippen LogP contribution < -0.4 is 0 Å². The average Bonchev–Trinajstić information content (AvgIpc) is 2.40. The molecule has 2 rings (SSSR count). The van der Waals surface area contributed by atoms with Gasteiger partial charge in [0.2, 0.25) is 0 Å². The maximum absolute atomic E-state index is 10.6. The van der Waals surface area contributed by atoms with E-state index in [0.717, 1.165) is 18.4 Å². The number of rotatable bonds is 3. The van der Waals surface area contributed by atoms with Crippen molar-refractivity contribution in [3.63, 3.8) is 0 Å². The molecule has 17 heavy (non-hydrogen) atoms. The molecule has 0 fully saturated rings. The second-order valence-corrected chi connectivity index (χ2v) is 5.20. The molecule has 1 aliphatic carbocycles. The fourth-order valence-corrected chi connectivity index (χ4v) is 2.34. The van der Waals surface area contributed by atoms with Crippen molar-refractivity contribution in [3.05, 3.63) is 59.7 Å². The van der Waals surface area contributed by atoms with Crippen LogP contribution in [0.4, 0.5) is 0 Å². The van der Waals surface area contributed by atoms with Gasteiger partial charge in [-0.15, -0.1) is 0 Å². The third kappa shape index (κ3) is 2.50. The Morgan fingerprint density at radius 2 is 1.88 bits per heavy atom. The Labute approximate surface area is 103 Å². The fourth-order valence-electron chi connectivity index (χ4n) is 2.34. The maximum atomic E-state index is 10.6. The summed E-state index contributed by atoms with van der Waals surface area (Å²) in [6.45, 7) is 4.21. The Balaban J connectivity index is 2.26. The van der Waals surface area contributed by atoms with E-state index in [1.165, 1.54) is 5.56 Å². The summed E-state index contributed by atoms with van der Waals surface area (Å²) in [7, 11) is 0. The van der Waals surface area contributed by atoms with Gasteiger partial charge in [-0.1, -0.05) is 62.4 Å². The van der Waals surface area contributed by atoms with E-state index < -0.39 is 6.10 Å². The topological polar surface area (TPSA) is 20.2 Å². The molecule has 1 heteroatoms. The number of aliphatic hydroxyl groups excluding tert-OH is 1. The van der Waals surface area contributed by atoms with Gasteiger partial charge in [-0.3, -0.25) is 0 Å². The van der Waals surface area contributed by atoms with Gasteiger partial charge < -0.3 is 5.11 Å². The third-order valence-corrected chi connectivity index (χ3v) is 3.60. The molecule has 1 N–H and O–H groups in total. The number of hydrogen-bond acceptors (Lipinski definition) is 1. The molecular weight excluding hydrogens is 208 g/mol. The summed E-state index contributed by atoms with van der Waals surface area (Å²) >= 11 is 0. The molecule has 0 saturated heterocycles. The van der Waals surface area contributed by atoms with Crippen LogP contribution in [-0.2, 0) is 5.41 Å². The van der Waals surface area contributed by atoms with Crippen LogP contribution in [0.2, 0.25) is 0 Å². The van der Waals surface area contributed by atoms with Crippen LogP contribution >= 0.6 is 0 Å². The molecule has 1 aromatic rings. The molecule has 1 aromatic carbocycles. The smallest absolute Gasteiger partial charge is 0.0844 e. The number of benzene rings is 1. The molecule has 0 aliphatic heterocycles. The Kier molecular flexibility index (Phi) is 3.49. The summed E-state index contributed by atoms with van der Waals surface area (Å²) in [4.78, 5) is 0. The van der Waals surface area contributed by atoms with E-state index in [0.29, 0.717) is 0 Å². The van der Waals surface area contributed by atoms with Crippen LogP contribution in [0.1, 0.15) is 32.3 Å². The summed E-state index contributed by atoms with van der Waals surface area (Å²) in [6, 6.07) is 10.2. The lowest BCUT2D eigenvalue weighted by atomic mass is 9.75. The van der Waals surface area contributed by atoms with E-state index in [1.54, 1.807) is 0 Å². The minimum Gasteiger partial charge on any atom is -0.388 e. The molecule has 0 spiro atoms. The Morgan fingerprint density at radius 3 is 2.47 bits per heavy atom. The number of hydrogen-bond donors (Lipinski definition) is 1. The Morgan fingerprint density at radius 1 is 1.18 bits per heavy atom. The van der Waals surface area contributed by atoms with Crippen molar-refractivity contribution in [2.45, 2.75) is 38.2 Å². The molecule has 1 atom stereocenters. The normalized spacial score (nSPS) is 17.7. The molecule has 1 unspecified atom stereocenters. The quantitative estimate of drug-likeness (QED) is 0.838. The van der Waals surface area contributed by atoms with E-state index in [1.807, 2.05) is 24.3 Å². The molecule has 0 amide bonds. The summed E-state index contributed by atoms with van der Waals surface area (Å²) in [5.74, 6) is 0. The van der Waals surface area contributed by atoms with Gasteiger partial charge in [0.25, 0.3) is 0 Å². The Hall–Kier alpha value is -1.34. The summed E-state index contributed by atoms with van der Waals surface area (Å²) < 4.78 is 0. The molecule has 0 heterocycles. The highest BCUT2D eigenvalue weighted by Gasteiger charge is 2.31. The highest BCUT2D eigenvalue weighted by atomic mass is 16.3. The van der Waals surface area contributed by atoms with Crippen molar-refractivity contribution in [3.8, 4) is 0 Å². The van der Waals surface area contributed by atoms with E-state index in [9.17, 15) is 5.11 Å². The highest BCUT2D eigenvalue weighted by molar-refractivity contribution is 5.32. The van der Waals surface area contributed by atoms with Crippen molar-refractivity contribution in [1.29, 1.82) is 0 Å². The van der Waals surface area contributed by atoms with Crippen molar-refractivity contribution in [1.82, 2.24) is 0 Å². The van der Waals surface area contributed by atoms with Gasteiger partial charge in [0.15, 0.2) is 0 Å². The van der Waals surface area contributed by atoms with Crippen molar-refractivity contribution >= 4 is 0 Å². The highest BCUT2D eigenvalue weighted by Crippen LogP contribution is 2.33. The minimum atomic E-state index is -0.408. The number of allylic oxidation sites excluding steroid dienone is 3. The zero-order valence-corrected chi connectivity index (χ0v) is 10.6. The van der Waals surface area contributed by atoms with E-state index in [-0.39, 0.29) is 5.41 Å². The van der Waals surface area contributed by atoms with E-state index in [2.05, 4.69) is 38.1 Å². The molecule has 1 nitrogen and oxygen atoms in total. The van der Waals surface area contributed by atoms with Crippen LogP contribution in [0.25, 0.3) is 0 Å². The maximum Gasteiger partial charge on any atom is 0.0844 e.